The number of nitrogens with zero attached hydrogens (tertiary/aromatic N) is 3. The van der Waals surface area contributed by atoms with E-state index in [1.54, 1.807) is 18.2 Å². The van der Waals surface area contributed by atoms with Crippen LogP contribution >= 0.6 is 15.9 Å². The molecule has 0 saturated carbocycles. The van der Waals surface area contributed by atoms with Crippen LogP contribution in [0.4, 0.5) is 0 Å². The van der Waals surface area contributed by atoms with Crippen LogP contribution in [0.2, 0.25) is 0 Å². The Hall–Kier alpha value is -3.52. The molecule has 162 valence electrons. The zero-order valence-corrected chi connectivity index (χ0v) is 19.3. The number of ketones is 1. The van der Waals surface area contributed by atoms with Crippen molar-refractivity contribution in [2.75, 3.05) is 0 Å². The second-order valence-electron chi connectivity index (χ2n) is 7.64. The summed E-state index contributed by atoms with van der Waals surface area (Å²) in [7, 11) is 0. The van der Waals surface area contributed by atoms with Gasteiger partial charge in [0.25, 0.3) is 5.56 Å². The molecule has 2 heterocycles. The molecule has 0 aliphatic carbocycles. The van der Waals surface area contributed by atoms with Gasteiger partial charge < -0.3 is 9.67 Å². The molecule has 4 aromatic rings. The zero-order valence-electron chi connectivity index (χ0n) is 17.7. The molecule has 0 aliphatic heterocycles. The van der Waals surface area contributed by atoms with Gasteiger partial charge in [-0.2, -0.15) is 5.10 Å². The Bertz CT molecular complexity index is 1470. The van der Waals surface area contributed by atoms with Crippen molar-refractivity contribution < 1.29 is 14.7 Å². The summed E-state index contributed by atoms with van der Waals surface area (Å²) in [4.78, 5) is 37.7. The molecule has 32 heavy (non-hydrogen) atoms. The van der Waals surface area contributed by atoms with Gasteiger partial charge in [0.1, 0.15) is 6.54 Å². The fourth-order valence-corrected chi connectivity index (χ4v) is 4.18. The van der Waals surface area contributed by atoms with E-state index in [0.717, 1.165) is 31.8 Å². The molecule has 0 saturated heterocycles. The van der Waals surface area contributed by atoms with E-state index in [9.17, 15) is 19.5 Å². The minimum Gasteiger partial charge on any atom is -0.476 e. The van der Waals surface area contributed by atoms with Crippen LogP contribution in [0.3, 0.4) is 0 Å². The topological polar surface area (TPSA) is 94.2 Å². The standard InChI is InChI=1S/C24H20BrN3O4/c1-13-10-16(8-9-20(13)25)28-14(2)11-19(15(28)3)21(29)12-27-23(30)18-7-5-4-6-17(18)22(26-27)24(31)32/h4-11H,12H2,1-3H3,(H,31,32). The Morgan fingerprint density at radius 1 is 1.03 bits per heavy atom. The molecule has 0 unspecified atom stereocenters. The second kappa shape index (κ2) is 8.20. The number of carbonyl (C=O) groups excluding carboxylic acids is 1. The first-order valence-electron chi connectivity index (χ1n) is 9.91. The predicted molar refractivity (Wildman–Crippen MR) is 125 cm³/mol. The number of carbonyl (C=O) groups is 2. The number of aromatic nitrogens is 3. The van der Waals surface area contributed by atoms with Crippen LogP contribution in [-0.4, -0.2) is 31.2 Å². The highest BCUT2D eigenvalue weighted by Gasteiger charge is 2.21. The molecule has 7 nitrogen and oxygen atoms in total. The van der Waals surface area contributed by atoms with E-state index in [2.05, 4.69) is 21.0 Å². The molecule has 0 bridgehead atoms. The third kappa shape index (κ3) is 3.67. The van der Waals surface area contributed by atoms with Gasteiger partial charge in [0, 0.05) is 32.5 Å². The van der Waals surface area contributed by atoms with Gasteiger partial charge >= 0.3 is 5.97 Å². The molecule has 0 radical (unpaired) electrons. The van der Waals surface area contributed by atoms with Crippen LogP contribution in [-0.2, 0) is 6.54 Å². The highest BCUT2D eigenvalue weighted by Crippen LogP contribution is 2.25. The van der Waals surface area contributed by atoms with Crippen LogP contribution < -0.4 is 5.56 Å². The van der Waals surface area contributed by atoms with Gasteiger partial charge in [-0.05, 0) is 56.7 Å². The van der Waals surface area contributed by atoms with Gasteiger partial charge in [0.2, 0.25) is 0 Å². The zero-order chi connectivity index (χ0) is 23.2. The Kier molecular flexibility index (Phi) is 5.56. The first kappa shape index (κ1) is 21.7. The Morgan fingerprint density at radius 2 is 1.72 bits per heavy atom. The van der Waals surface area contributed by atoms with E-state index < -0.39 is 11.5 Å². The number of Topliss-reactive ketones (excluding diaryl/α,β-unsaturated/α-hetero) is 1. The number of aryl methyl sites for hydroxylation is 2. The van der Waals surface area contributed by atoms with E-state index >= 15 is 0 Å². The largest absolute Gasteiger partial charge is 0.476 e. The van der Waals surface area contributed by atoms with Crippen molar-refractivity contribution in [3.8, 4) is 5.69 Å². The molecule has 0 fully saturated rings. The summed E-state index contributed by atoms with van der Waals surface area (Å²) in [5.41, 5.74) is 3.30. The van der Waals surface area contributed by atoms with Crippen molar-refractivity contribution in [1.29, 1.82) is 0 Å². The van der Waals surface area contributed by atoms with Crippen LogP contribution in [0.25, 0.3) is 16.5 Å². The summed E-state index contributed by atoms with van der Waals surface area (Å²) in [5, 5.41) is 14.0. The molecule has 0 aliphatic rings. The fourth-order valence-electron chi connectivity index (χ4n) is 3.93. The van der Waals surface area contributed by atoms with E-state index in [-0.39, 0.29) is 28.8 Å². The minimum atomic E-state index is -1.26. The molecule has 0 atom stereocenters. The summed E-state index contributed by atoms with van der Waals surface area (Å²) in [6, 6.07) is 14.1. The minimum absolute atomic E-state index is 0.212. The van der Waals surface area contributed by atoms with Crippen LogP contribution in [0.1, 0.15) is 37.8 Å². The number of hydrogen-bond donors (Lipinski definition) is 1. The third-order valence-electron chi connectivity index (χ3n) is 5.49. The van der Waals surface area contributed by atoms with E-state index in [1.165, 1.54) is 12.1 Å². The maximum atomic E-state index is 13.2. The highest BCUT2D eigenvalue weighted by molar-refractivity contribution is 9.10. The van der Waals surface area contributed by atoms with E-state index in [0.29, 0.717) is 5.56 Å². The molecular formula is C24H20BrN3O4. The van der Waals surface area contributed by atoms with Crippen molar-refractivity contribution in [3.05, 3.63) is 91.6 Å². The number of aromatic carboxylic acids is 1. The lowest BCUT2D eigenvalue weighted by atomic mass is 10.1. The Balaban J connectivity index is 1.77. The monoisotopic (exact) mass is 493 g/mol. The van der Waals surface area contributed by atoms with Gasteiger partial charge in [0.05, 0.1) is 5.39 Å². The van der Waals surface area contributed by atoms with Gasteiger partial charge in [-0.15, -0.1) is 0 Å². The van der Waals surface area contributed by atoms with Crippen molar-refractivity contribution >= 4 is 38.5 Å². The number of fused-ring (bicyclic) bond motifs is 1. The SMILES string of the molecule is Cc1cc(-n2c(C)cc(C(=O)Cn3nc(C(=O)O)c4ccccc4c3=O)c2C)ccc1Br. The summed E-state index contributed by atoms with van der Waals surface area (Å²) in [5.74, 6) is -1.58. The number of hydrogen-bond acceptors (Lipinski definition) is 4. The first-order valence-corrected chi connectivity index (χ1v) is 10.7. The number of carboxylic acid groups (broad SMARTS) is 1. The molecule has 8 heteroatoms. The summed E-state index contributed by atoms with van der Waals surface area (Å²) in [6.07, 6.45) is 0. The van der Waals surface area contributed by atoms with Crippen LogP contribution in [0.15, 0.2) is 57.8 Å². The summed E-state index contributed by atoms with van der Waals surface area (Å²) in [6.45, 7) is 5.39. The summed E-state index contributed by atoms with van der Waals surface area (Å²) >= 11 is 3.50. The van der Waals surface area contributed by atoms with Gasteiger partial charge in [-0.3, -0.25) is 9.59 Å². The lowest BCUT2D eigenvalue weighted by Gasteiger charge is -2.12. The quantitative estimate of drug-likeness (QED) is 0.414. The molecule has 1 N–H and O–H groups in total. The smallest absolute Gasteiger partial charge is 0.357 e. The van der Waals surface area contributed by atoms with Crippen molar-refractivity contribution in [2.24, 2.45) is 0 Å². The van der Waals surface area contributed by atoms with Gasteiger partial charge in [-0.1, -0.05) is 34.1 Å². The Labute approximate surface area is 192 Å². The van der Waals surface area contributed by atoms with Crippen molar-refractivity contribution in [2.45, 2.75) is 27.3 Å². The number of carboxylic acids is 1. The highest BCUT2D eigenvalue weighted by atomic mass is 79.9. The maximum absolute atomic E-state index is 13.2. The van der Waals surface area contributed by atoms with Crippen molar-refractivity contribution in [1.82, 2.24) is 14.3 Å². The number of benzene rings is 2. The number of halogens is 1. The average Bonchev–Trinajstić information content (AvgIpc) is 3.06. The Morgan fingerprint density at radius 3 is 2.38 bits per heavy atom. The van der Waals surface area contributed by atoms with Gasteiger partial charge in [0.15, 0.2) is 11.5 Å². The molecule has 4 rings (SSSR count). The van der Waals surface area contributed by atoms with Gasteiger partial charge in [-0.25, -0.2) is 9.48 Å². The van der Waals surface area contributed by atoms with Crippen molar-refractivity contribution in [3.63, 3.8) is 0 Å². The fraction of sp³-hybridized carbons (Fsp3) is 0.167. The molecule has 0 spiro atoms. The third-order valence-corrected chi connectivity index (χ3v) is 6.38. The first-order chi connectivity index (χ1) is 15.2. The molecule has 2 aromatic heterocycles. The second-order valence-corrected chi connectivity index (χ2v) is 8.49. The summed E-state index contributed by atoms with van der Waals surface area (Å²) < 4.78 is 3.91. The molecule has 0 amide bonds. The molecule has 2 aromatic carbocycles. The lowest BCUT2D eigenvalue weighted by Crippen LogP contribution is -2.29. The molecular weight excluding hydrogens is 474 g/mol. The number of rotatable bonds is 5. The average molecular weight is 494 g/mol. The van der Waals surface area contributed by atoms with Crippen LogP contribution in [0, 0.1) is 20.8 Å². The van der Waals surface area contributed by atoms with Crippen LogP contribution in [0.5, 0.6) is 0 Å². The van der Waals surface area contributed by atoms with E-state index in [4.69, 9.17) is 0 Å². The normalized spacial score (nSPS) is 11.1. The lowest BCUT2D eigenvalue weighted by molar-refractivity contribution is 0.0688. The predicted octanol–water partition coefficient (Wildman–Crippen LogP) is 4.46. The van der Waals surface area contributed by atoms with E-state index in [1.807, 2.05) is 43.5 Å². The maximum Gasteiger partial charge on any atom is 0.357 e.